The number of nitrogens with one attached hydrogen (secondary N) is 1. The van der Waals surface area contributed by atoms with Crippen LogP contribution >= 0.6 is 0 Å². The molecule has 4 rings (SSSR count). The van der Waals surface area contributed by atoms with E-state index in [1.165, 1.54) is 6.33 Å². The molecule has 1 N–H and O–H groups in total. The Hall–Kier alpha value is -2.81. The average molecular weight is 355 g/mol. The quantitative estimate of drug-likeness (QED) is 0.812. The molecule has 1 aromatic heterocycles. The van der Waals surface area contributed by atoms with Crippen molar-refractivity contribution in [2.24, 2.45) is 0 Å². The van der Waals surface area contributed by atoms with Crippen LogP contribution in [0, 0.1) is 0 Å². The van der Waals surface area contributed by atoms with Crippen molar-refractivity contribution in [1.29, 1.82) is 0 Å². The summed E-state index contributed by atoms with van der Waals surface area (Å²) in [6, 6.07) is 7.34. The van der Waals surface area contributed by atoms with Crippen molar-refractivity contribution in [2.45, 2.75) is 18.9 Å². The van der Waals surface area contributed by atoms with E-state index in [9.17, 15) is 9.59 Å². The van der Waals surface area contributed by atoms with E-state index in [0.717, 1.165) is 31.6 Å². The van der Waals surface area contributed by atoms with Crippen LogP contribution in [-0.2, 0) is 4.79 Å². The van der Waals surface area contributed by atoms with Gasteiger partial charge in [0.1, 0.15) is 6.33 Å². The first kappa shape index (κ1) is 16.6. The van der Waals surface area contributed by atoms with Crippen molar-refractivity contribution in [3.8, 4) is 5.69 Å². The van der Waals surface area contributed by atoms with Gasteiger partial charge in [0.05, 0.1) is 12.2 Å². The Balaban J connectivity index is 1.44. The first-order valence-electron chi connectivity index (χ1n) is 8.85. The number of aromatic nitrogens is 4. The summed E-state index contributed by atoms with van der Waals surface area (Å²) in [5.74, 6) is 0.127. The maximum absolute atomic E-state index is 12.9. The van der Waals surface area contributed by atoms with Crippen molar-refractivity contribution in [3.63, 3.8) is 0 Å². The molecule has 9 heteroatoms. The molecule has 2 saturated heterocycles. The highest BCUT2D eigenvalue weighted by Gasteiger charge is 2.31. The number of amides is 2. The molecule has 9 nitrogen and oxygen atoms in total. The van der Waals surface area contributed by atoms with Gasteiger partial charge in [0.2, 0.25) is 5.91 Å². The zero-order valence-electron chi connectivity index (χ0n) is 14.4. The molecule has 26 heavy (non-hydrogen) atoms. The van der Waals surface area contributed by atoms with Crippen molar-refractivity contribution in [3.05, 3.63) is 36.2 Å². The molecule has 2 aromatic rings. The standard InChI is InChI=1S/C17H21N7O2/c25-16-10-18-7-9-23(16)15-2-1-8-22(11-15)17(26)13-3-5-14(6-4-13)24-12-19-20-21-24/h3-6,12,15,18H,1-2,7-11H2. The summed E-state index contributed by atoms with van der Waals surface area (Å²) in [6.45, 7) is 3.24. The molecule has 0 aliphatic carbocycles. The lowest BCUT2D eigenvalue weighted by Crippen LogP contribution is -2.57. The van der Waals surface area contributed by atoms with Crippen LogP contribution in [0.3, 0.4) is 0 Å². The van der Waals surface area contributed by atoms with Gasteiger partial charge in [-0.2, -0.15) is 0 Å². The third-order valence-corrected chi connectivity index (χ3v) is 4.98. The SMILES string of the molecule is O=C(c1ccc(-n2cnnn2)cc1)N1CCCC(N2CCNCC2=O)C1. The molecule has 2 aliphatic heterocycles. The van der Waals surface area contributed by atoms with E-state index in [-0.39, 0.29) is 17.9 Å². The van der Waals surface area contributed by atoms with E-state index in [1.54, 1.807) is 16.8 Å². The van der Waals surface area contributed by atoms with E-state index in [4.69, 9.17) is 0 Å². The van der Waals surface area contributed by atoms with Crippen LogP contribution < -0.4 is 5.32 Å². The summed E-state index contributed by atoms with van der Waals surface area (Å²) in [6.07, 6.45) is 3.38. The van der Waals surface area contributed by atoms with Gasteiger partial charge in [-0.15, -0.1) is 5.10 Å². The fourth-order valence-electron chi connectivity index (χ4n) is 3.62. The number of hydrogen-bond acceptors (Lipinski definition) is 6. The topological polar surface area (TPSA) is 96.2 Å². The first-order chi connectivity index (χ1) is 12.7. The van der Waals surface area contributed by atoms with Crippen LogP contribution in [0.5, 0.6) is 0 Å². The lowest BCUT2D eigenvalue weighted by Gasteiger charge is -2.41. The number of rotatable bonds is 3. The maximum atomic E-state index is 12.9. The highest BCUT2D eigenvalue weighted by molar-refractivity contribution is 5.94. The van der Waals surface area contributed by atoms with Gasteiger partial charge in [-0.3, -0.25) is 9.59 Å². The molecule has 0 spiro atoms. The Morgan fingerprint density at radius 3 is 2.77 bits per heavy atom. The molecule has 1 unspecified atom stereocenters. The lowest BCUT2D eigenvalue weighted by molar-refractivity contribution is -0.135. The molecule has 0 saturated carbocycles. The van der Waals surface area contributed by atoms with Crippen molar-refractivity contribution in [2.75, 3.05) is 32.7 Å². The lowest BCUT2D eigenvalue weighted by atomic mass is 10.0. The molecule has 0 bridgehead atoms. The number of carbonyl (C=O) groups excluding carboxylic acids is 2. The Bertz CT molecular complexity index is 775. The second kappa shape index (κ2) is 7.20. The van der Waals surface area contributed by atoms with Gasteiger partial charge in [0.15, 0.2) is 0 Å². The molecule has 1 atom stereocenters. The van der Waals surface area contributed by atoms with Gasteiger partial charge in [-0.25, -0.2) is 4.68 Å². The molecule has 3 heterocycles. The largest absolute Gasteiger partial charge is 0.337 e. The Labute approximate surface area is 151 Å². The number of likely N-dealkylation sites (tertiary alicyclic amines) is 1. The molecule has 1 aromatic carbocycles. The molecular weight excluding hydrogens is 334 g/mol. The Morgan fingerprint density at radius 2 is 2.04 bits per heavy atom. The van der Waals surface area contributed by atoms with Crippen molar-refractivity contribution < 1.29 is 9.59 Å². The summed E-state index contributed by atoms with van der Waals surface area (Å²) in [5.41, 5.74) is 1.43. The van der Waals surface area contributed by atoms with Crippen LogP contribution in [0.1, 0.15) is 23.2 Å². The maximum Gasteiger partial charge on any atom is 0.253 e. The number of benzene rings is 1. The summed E-state index contributed by atoms with van der Waals surface area (Å²) >= 11 is 0. The highest BCUT2D eigenvalue weighted by Crippen LogP contribution is 2.19. The molecule has 2 fully saturated rings. The Morgan fingerprint density at radius 1 is 1.19 bits per heavy atom. The minimum absolute atomic E-state index is 0.000508. The summed E-state index contributed by atoms with van der Waals surface area (Å²) in [4.78, 5) is 28.8. The number of nitrogens with zero attached hydrogens (tertiary/aromatic N) is 6. The molecule has 2 amide bonds. The average Bonchev–Trinajstić information content (AvgIpc) is 3.23. The van der Waals surface area contributed by atoms with Gasteiger partial charge in [-0.1, -0.05) is 0 Å². The van der Waals surface area contributed by atoms with Gasteiger partial charge >= 0.3 is 0 Å². The number of hydrogen-bond donors (Lipinski definition) is 1. The predicted octanol–water partition coefficient (Wildman–Crippen LogP) is -0.301. The van der Waals surface area contributed by atoms with Gasteiger partial charge in [0.25, 0.3) is 5.91 Å². The van der Waals surface area contributed by atoms with Gasteiger partial charge < -0.3 is 15.1 Å². The van der Waals surface area contributed by atoms with Gasteiger partial charge in [-0.05, 0) is 47.5 Å². The fraction of sp³-hybridized carbons (Fsp3) is 0.471. The van der Waals surface area contributed by atoms with Crippen LogP contribution in [0.4, 0.5) is 0 Å². The normalized spacial score (nSPS) is 21.1. The summed E-state index contributed by atoms with van der Waals surface area (Å²) in [5, 5.41) is 14.1. The second-order valence-electron chi connectivity index (χ2n) is 6.61. The first-order valence-corrected chi connectivity index (χ1v) is 8.85. The van der Waals surface area contributed by atoms with Crippen molar-refractivity contribution >= 4 is 11.8 Å². The van der Waals surface area contributed by atoms with E-state index in [0.29, 0.717) is 25.2 Å². The number of carbonyl (C=O) groups is 2. The minimum Gasteiger partial charge on any atom is -0.337 e. The third-order valence-electron chi connectivity index (χ3n) is 4.98. The number of piperazine rings is 1. The van der Waals surface area contributed by atoms with Crippen LogP contribution in [0.25, 0.3) is 5.69 Å². The zero-order chi connectivity index (χ0) is 17.9. The van der Waals surface area contributed by atoms with Gasteiger partial charge in [0, 0.05) is 37.8 Å². The van der Waals surface area contributed by atoms with E-state index >= 15 is 0 Å². The Kier molecular flexibility index (Phi) is 4.61. The number of tetrazole rings is 1. The molecule has 0 radical (unpaired) electrons. The minimum atomic E-state index is 0.000508. The van der Waals surface area contributed by atoms with Crippen molar-refractivity contribution in [1.82, 2.24) is 35.3 Å². The highest BCUT2D eigenvalue weighted by atomic mass is 16.2. The number of piperidine rings is 1. The summed E-state index contributed by atoms with van der Waals surface area (Å²) in [7, 11) is 0. The third kappa shape index (κ3) is 3.30. The second-order valence-corrected chi connectivity index (χ2v) is 6.61. The zero-order valence-corrected chi connectivity index (χ0v) is 14.4. The van der Waals surface area contributed by atoms with E-state index in [2.05, 4.69) is 20.8 Å². The smallest absolute Gasteiger partial charge is 0.253 e. The van der Waals surface area contributed by atoms with Crippen LogP contribution in [-0.4, -0.2) is 80.6 Å². The molecule has 136 valence electrons. The fourth-order valence-corrected chi connectivity index (χ4v) is 3.62. The monoisotopic (exact) mass is 355 g/mol. The summed E-state index contributed by atoms with van der Waals surface area (Å²) < 4.78 is 1.54. The molecule has 2 aliphatic rings. The molecular formula is C17H21N7O2. The predicted molar refractivity (Wildman–Crippen MR) is 92.7 cm³/mol. The van der Waals surface area contributed by atoms with E-state index < -0.39 is 0 Å². The van der Waals surface area contributed by atoms with Crippen LogP contribution in [0.2, 0.25) is 0 Å². The van der Waals surface area contributed by atoms with Crippen LogP contribution in [0.15, 0.2) is 30.6 Å². The van der Waals surface area contributed by atoms with E-state index in [1.807, 2.05) is 21.9 Å².